The average Bonchev–Trinajstić information content (AvgIpc) is 3.51. The molecule has 0 atom stereocenters. The summed E-state index contributed by atoms with van der Waals surface area (Å²) in [6, 6.07) is 19.9. The molecule has 1 aromatic heterocycles. The highest BCUT2D eigenvalue weighted by atomic mass is 19.3. The Morgan fingerprint density at radius 1 is 0.711 bits per heavy atom. The largest absolute Gasteiger partial charge is 0.726 e. The molecule has 2 aliphatic rings. The molecule has 0 saturated carbocycles. The Balaban J connectivity index is 1.70. The quantitative estimate of drug-likeness (QED) is 0.355. The normalized spacial score (nSPS) is 18.7. The molecule has 196 valence electrons. The summed E-state index contributed by atoms with van der Waals surface area (Å²) in [6.07, 6.45) is 4.50. The molecular weight excluding hydrogens is 481 g/mol. The van der Waals surface area contributed by atoms with Crippen molar-refractivity contribution in [1.82, 2.24) is 4.98 Å². The fourth-order valence-electron chi connectivity index (χ4n) is 5.61. The van der Waals surface area contributed by atoms with Gasteiger partial charge in [-0.2, -0.15) is 0 Å². The molecule has 2 N–H and O–H groups in total. The van der Waals surface area contributed by atoms with E-state index in [9.17, 15) is 0 Å². The first-order chi connectivity index (χ1) is 18.4. The van der Waals surface area contributed by atoms with Crippen molar-refractivity contribution < 1.29 is 22.9 Å². The van der Waals surface area contributed by atoms with Crippen molar-refractivity contribution in [2.45, 2.75) is 53.4 Å². The highest BCUT2D eigenvalue weighted by Gasteiger charge is 2.42. The van der Waals surface area contributed by atoms with E-state index in [-0.39, 0.29) is 11.5 Å². The van der Waals surface area contributed by atoms with Gasteiger partial charge in [0.25, 0.3) is 0 Å². The maximum Gasteiger partial charge on any atom is 0.726 e. The molecule has 38 heavy (non-hydrogen) atoms. The second-order valence-corrected chi connectivity index (χ2v) is 9.45. The van der Waals surface area contributed by atoms with Crippen LogP contribution in [0.15, 0.2) is 89.3 Å². The molecule has 0 fully saturated rings. The second kappa shape index (κ2) is 10.5. The Labute approximate surface area is 222 Å². The molecule has 0 bridgehead atoms. The molecule has 3 aromatic rings. The zero-order valence-electron chi connectivity index (χ0n) is 22.3. The van der Waals surface area contributed by atoms with Gasteiger partial charge >= 0.3 is 7.11 Å². The fourth-order valence-corrected chi connectivity index (χ4v) is 5.61. The van der Waals surface area contributed by atoms with Gasteiger partial charge in [-0.25, -0.2) is 4.99 Å². The first-order valence-electron chi connectivity index (χ1n) is 13.5. The third kappa shape index (κ3) is 4.62. The van der Waals surface area contributed by atoms with Crippen LogP contribution >= 0.6 is 0 Å². The SMILES string of the molecule is CCC1=C(CC)/C(=C2\C=C(c3[nH]c(-c4ccccc4)c(CC)c3CC)O[B-](F)(F)O2)[NH+]=C1c1ccccc1. The van der Waals surface area contributed by atoms with Crippen LogP contribution in [-0.4, -0.2) is 17.8 Å². The van der Waals surface area contributed by atoms with Crippen molar-refractivity contribution in [2.24, 2.45) is 0 Å². The lowest BCUT2D eigenvalue weighted by atomic mass is 9.95. The van der Waals surface area contributed by atoms with Crippen molar-refractivity contribution in [2.75, 3.05) is 0 Å². The van der Waals surface area contributed by atoms with Crippen LogP contribution < -0.4 is 4.99 Å². The van der Waals surface area contributed by atoms with E-state index in [1.165, 1.54) is 0 Å². The van der Waals surface area contributed by atoms with Crippen LogP contribution in [-0.2, 0) is 22.2 Å². The van der Waals surface area contributed by atoms with E-state index in [1.54, 1.807) is 6.08 Å². The van der Waals surface area contributed by atoms with E-state index in [4.69, 9.17) is 9.31 Å². The molecule has 0 unspecified atom stereocenters. The molecule has 4 nitrogen and oxygen atoms in total. The molecule has 2 aromatic carbocycles. The molecule has 0 aliphatic carbocycles. The monoisotopic (exact) mass is 514 g/mol. The molecular formula is C31H33BF2N2O2. The van der Waals surface area contributed by atoms with E-state index in [1.807, 2.05) is 74.5 Å². The molecule has 2 aliphatic heterocycles. The number of halogens is 2. The smallest absolute Gasteiger partial charge is 0.626 e. The molecule has 7 heteroatoms. The van der Waals surface area contributed by atoms with Crippen LogP contribution in [0.4, 0.5) is 8.63 Å². The number of H-pyrrole nitrogens is 1. The highest BCUT2D eigenvalue weighted by Crippen LogP contribution is 2.39. The van der Waals surface area contributed by atoms with Gasteiger partial charge in [0.2, 0.25) is 11.4 Å². The van der Waals surface area contributed by atoms with Gasteiger partial charge in [0.1, 0.15) is 5.76 Å². The number of aromatic amines is 1. The van der Waals surface area contributed by atoms with Crippen LogP contribution in [0.2, 0.25) is 0 Å². The summed E-state index contributed by atoms with van der Waals surface area (Å²) in [6.45, 7) is 8.23. The molecule has 3 heterocycles. The standard InChI is InChI=1S/C31H32BF2N2O2/c1-5-22-24(7-3)30(35-28(22)20-15-11-9-12-16-20)26-19-27(38-32(33,34)37-26)31-25(8-4)23(6-2)29(36-31)21-17-13-10-14-18-21/h9-19,35H,5-8H2,1-4H3/q-1/p+1/b31-27-. The first kappa shape index (κ1) is 25.8. The lowest BCUT2D eigenvalue weighted by Gasteiger charge is -2.34. The zero-order valence-corrected chi connectivity index (χ0v) is 22.3. The van der Waals surface area contributed by atoms with Crippen molar-refractivity contribution in [3.05, 3.63) is 112 Å². The van der Waals surface area contributed by atoms with Crippen LogP contribution in [0.25, 0.3) is 17.0 Å². The van der Waals surface area contributed by atoms with Crippen LogP contribution in [0.3, 0.4) is 0 Å². The lowest BCUT2D eigenvalue weighted by molar-refractivity contribution is -0.390. The molecule has 0 saturated heterocycles. The van der Waals surface area contributed by atoms with Gasteiger partial charge in [0.05, 0.1) is 5.69 Å². The Bertz CT molecular complexity index is 1470. The third-order valence-corrected chi connectivity index (χ3v) is 7.26. The Hall–Kier alpha value is -3.87. The van der Waals surface area contributed by atoms with Crippen LogP contribution in [0.1, 0.15) is 62.9 Å². The minimum atomic E-state index is -4.57. The summed E-state index contributed by atoms with van der Waals surface area (Å²) >= 11 is 0. The van der Waals surface area contributed by atoms with E-state index in [2.05, 4.69) is 23.8 Å². The lowest BCUT2D eigenvalue weighted by Crippen LogP contribution is -2.69. The third-order valence-electron chi connectivity index (χ3n) is 7.26. The maximum absolute atomic E-state index is 15.1. The number of nitrogens with one attached hydrogen (secondary N) is 2. The van der Waals surface area contributed by atoms with Gasteiger partial charge in [0.15, 0.2) is 5.76 Å². The van der Waals surface area contributed by atoms with Crippen molar-refractivity contribution in [3.63, 3.8) is 0 Å². The van der Waals surface area contributed by atoms with Crippen LogP contribution in [0, 0.1) is 0 Å². The van der Waals surface area contributed by atoms with Crippen molar-refractivity contribution >= 4 is 18.6 Å². The summed E-state index contributed by atoms with van der Waals surface area (Å²) in [5.74, 6) is 0.196. The predicted molar refractivity (Wildman–Crippen MR) is 149 cm³/mol. The number of hydrogen-bond donors (Lipinski definition) is 2. The summed E-state index contributed by atoms with van der Waals surface area (Å²) in [7, 11) is -4.57. The van der Waals surface area contributed by atoms with E-state index in [0.717, 1.165) is 57.6 Å². The number of aromatic nitrogens is 1. The minimum Gasteiger partial charge on any atom is -0.626 e. The summed E-state index contributed by atoms with van der Waals surface area (Å²) in [5.41, 5.74) is 9.21. The Morgan fingerprint density at radius 3 is 1.87 bits per heavy atom. The number of hydrogen-bond acceptors (Lipinski definition) is 2. The Kier molecular flexibility index (Phi) is 7.11. The number of allylic oxidation sites excluding steroid dienone is 3. The molecule has 0 amide bonds. The highest BCUT2D eigenvalue weighted by molar-refractivity contribution is 6.53. The fraction of sp³-hybridized carbons (Fsp3) is 0.258. The number of rotatable bonds is 7. The van der Waals surface area contributed by atoms with Gasteiger partial charge in [-0.3, -0.25) is 0 Å². The summed E-state index contributed by atoms with van der Waals surface area (Å²) in [5, 5.41) is 0. The topological polar surface area (TPSA) is 48.2 Å². The average molecular weight is 514 g/mol. The summed E-state index contributed by atoms with van der Waals surface area (Å²) in [4.78, 5) is 6.87. The molecule has 0 spiro atoms. The van der Waals surface area contributed by atoms with Gasteiger partial charge in [-0.05, 0) is 54.5 Å². The summed E-state index contributed by atoms with van der Waals surface area (Å²) < 4.78 is 40.7. The first-order valence-corrected chi connectivity index (χ1v) is 13.5. The van der Waals surface area contributed by atoms with Gasteiger partial charge in [0, 0.05) is 28.5 Å². The van der Waals surface area contributed by atoms with Crippen LogP contribution in [0.5, 0.6) is 0 Å². The van der Waals surface area contributed by atoms with Gasteiger partial charge in [-0.15, -0.1) is 0 Å². The van der Waals surface area contributed by atoms with E-state index < -0.39 is 7.11 Å². The second-order valence-electron chi connectivity index (χ2n) is 9.45. The van der Waals surface area contributed by atoms with Gasteiger partial charge in [-0.1, -0.05) is 76.2 Å². The molecule has 0 radical (unpaired) electrons. The van der Waals surface area contributed by atoms with Crippen molar-refractivity contribution in [3.8, 4) is 11.3 Å². The number of benzene rings is 2. The minimum absolute atomic E-state index is 0.0981. The van der Waals surface area contributed by atoms with E-state index in [0.29, 0.717) is 24.2 Å². The zero-order chi connectivity index (χ0) is 26.9. The predicted octanol–water partition coefficient (Wildman–Crippen LogP) is 6.48. The maximum atomic E-state index is 15.1. The Morgan fingerprint density at radius 2 is 1.29 bits per heavy atom. The van der Waals surface area contributed by atoms with Gasteiger partial charge < -0.3 is 22.9 Å². The van der Waals surface area contributed by atoms with Crippen molar-refractivity contribution in [1.29, 1.82) is 0 Å². The van der Waals surface area contributed by atoms with E-state index >= 15 is 8.63 Å². The molecule has 5 rings (SSSR count).